The molecule has 1 N–H and O–H groups in total. The van der Waals surface area contributed by atoms with Gasteiger partial charge in [0.1, 0.15) is 5.69 Å². The van der Waals surface area contributed by atoms with E-state index >= 15 is 0 Å². The third-order valence-corrected chi connectivity index (χ3v) is 3.14. The monoisotopic (exact) mass is 237 g/mol. The van der Waals surface area contributed by atoms with Gasteiger partial charge in [0.15, 0.2) is 11.5 Å². The summed E-state index contributed by atoms with van der Waals surface area (Å²) in [4.78, 5) is 12.4. The van der Waals surface area contributed by atoms with Crippen molar-refractivity contribution in [1.29, 1.82) is 0 Å². The molecule has 1 unspecified atom stereocenters. The van der Waals surface area contributed by atoms with E-state index in [0.29, 0.717) is 11.4 Å². The lowest BCUT2D eigenvalue weighted by Gasteiger charge is -2.13. The highest BCUT2D eigenvalue weighted by molar-refractivity contribution is 5.99. The van der Waals surface area contributed by atoms with Crippen molar-refractivity contribution in [3.8, 4) is 5.75 Å². The second kappa shape index (κ2) is 4.87. The van der Waals surface area contributed by atoms with E-state index in [1.807, 2.05) is 13.8 Å². The number of hydrogen-bond acceptors (Lipinski definition) is 4. The third-order valence-electron chi connectivity index (χ3n) is 3.14. The highest BCUT2D eigenvalue weighted by Crippen LogP contribution is 2.25. The molecule has 17 heavy (non-hydrogen) atoms. The van der Waals surface area contributed by atoms with Crippen molar-refractivity contribution in [1.82, 2.24) is 15.1 Å². The van der Waals surface area contributed by atoms with E-state index in [2.05, 4.69) is 10.4 Å². The number of nitrogens with one attached hydrogen (secondary N) is 1. The van der Waals surface area contributed by atoms with E-state index in [9.17, 15) is 4.79 Å². The van der Waals surface area contributed by atoms with Gasteiger partial charge in [-0.15, -0.1) is 0 Å². The largest absolute Gasteiger partial charge is 0.493 e. The van der Waals surface area contributed by atoms with Crippen LogP contribution in [0.2, 0.25) is 0 Å². The quantitative estimate of drug-likeness (QED) is 0.801. The summed E-state index contributed by atoms with van der Waals surface area (Å²) in [6.07, 6.45) is 2.51. The summed E-state index contributed by atoms with van der Waals surface area (Å²) < 4.78 is 6.98. The number of ketones is 1. The zero-order valence-corrected chi connectivity index (χ0v) is 10.6. The third kappa shape index (κ3) is 2.20. The number of Topliss-reactive ketones (excluding diaryl/α,β-unsaturated/α-hetero) is 1. The number of nitrogens with zero attached hydrogens (tertiary/aromatic N) is 2. The van der Waals surface area contributed by atoms with Crippen molar-refractivity contribution in [3.05, 3.63) is 11.9 Å². The number of rotatable bonds is 4. The van der Waals surface area contributed by atoms with Crippen LogP contribution in [0.25, 0.3) is 0 Å². The molecule has 5 nitrogen and oxygen atoms in total. The van der Waals surface area contributed by atoms with Crippen molar-refractivity contribution in [2.75, 3.05) is 20.2 Å². The molecule has 94 valence electrons. The number of hydrogen-bond donors (Lipinski definition) is 1. The van der Waals surface area contributed by atoms with Crippen LogP contribution in [0.15, 0.2) is 6.20 Å². The fraction of sp³-hybridized carbons (Fsp3) is 0.667. The molecule has 0 amide bonds. The standard InChI is InChI=1S/C12H19N3O2/c1-8(2)15-11(10(17-3)7-14-15)12(16)9-4-5-13-6-9/h7-9,13H,4-6H2,1-3H3. The van der Waals surface area contributed by atoms with Crippen LogP contribution < -0.4 is 10.1 Å². The fourth-order valence-electron chi connectivity index (χ4n) is 2.19. The first kappa shape index (κ1) is 12.1. The van der Waals surface area contributed by atoms with E-state index < -0.39 is 0 Å². The molecule has 0 aliphatic carbocycles. The number of carbonyl (C=O) groups excluding carboxylic acids is 1. The van der Waals surface area contributed by atoms with E-state index in [-0.39, 0.29) is 17.7 Å². The molecule has 0 aromatic carbocycles. The van der Waals surface area contributed by atoms with Crippen LogP contribution in [0.1, 0.15) is 36.8 Å². The van der Waals surface area contributed by atoms with Gasteiger partial charge in [0.25, 0.3) is 0 Å². The van der Waals surface area contributed by atoms with Gasteiger partial charge >= 0.3 is 0 Å². The molecule has 1 aromatic rings. The Morgan fingerprint density at radius 3 is 2.94 bits per heavy atom. The van der Waals surface area contributed by atoms with Gasteiger partial charge in [0.2, 0.25) is 0 Å². The fourth-order valence-corrected chi connectivity index (χ4v) is 2.19. The molecular weight excluding hydrogens is 218 g/mol. The highest BCUT2D eigenvalue weighted by Gasteiger charge is 2.29. The Bertz CT molecular complexity index is 406. The lowest BCUT2D eigenvalue weighted by atomic mass is 10.0. The first-order valence-corrected chi connectivity index (χ1v) is 6.01. The molecule has 1 fully saturated rings. The van der Waals surface area contributed by atoms with Gasteiger partial charge in [-0.1, -0.05) is 0 Å². The summed E-state index contributed by atoms with van der Waals surface area (Å²) in [6.45, 7) is 5.69. The Kier molecular flexibility index (Phi) is 3.47. The Balaban J connectivity index is 2.34. The lowest BCUT2D eigenvalue weighted by Crippen LogP contribution is -2.22. The first-order valence-electron chi connectivity index (χ1n) is 6.01. The molecule has 0 radical (unpaired) electrons. The highest BCUT2D eigenvalue weighted by atomic mass is 16.5. The van der Waals surface area contributed by atoms with E-state index in [4.69, 9.17) is 4.74 Å². The van der Waals surface area contributed by atoms with Crippen molar-refractivity contribution in [2.24, 2.45) is 5.92 Å². The Labute approximate surface area is 101 Å². The molecule has 1 aromatic heterocycles. The van der Waals surface area contributed by atoms with Crippen molar-refractivity contribution in [3.63, 3.8) is 0 Å². The molecule has 1 aliphatic rings. The van der Waals surface area contributed by atoms with Gasteiger partial charge < -0.3 is 10.1 Å². The molecule has 0 bridgehead atoms. The summed E-state index contributed by atoms with van der Waals surface area (Å²) >= 11 is 0. The summed E-state index contributed by atoms with van der Waals surface area (Å²) in [5.74, 6) is 0.770. The average molecular weight is 237 g/mol. The smallest absolute Gasteiger partial charge is 0.189 e. The minimum Gasteiger partial charge on any atom is -0.493 e. The van der Waals surface area contributed by atoms with Crippen LogP contribution in [0.5, 0.6) is 5.75 Å². The normalized spacial score (nSPS) is 19.9. The SMILES string of the molecule is COc1cnn(C(C)C)c1C(=O)C1CCNC1. The van der Waals surface area contributed by atoms with Gasteiger partial charge in [0.05, 0.1) is 13.3 Å². The van der Waals surface area contributed by atoms with Crippen molar-refractivity contribution >= 4 is 5.78 Å². The van der Waals surface area contributed by atoms with Gasteiger partial charge in [-0.3, -0.25) is 9.48 Å². The predicted octanol–water partition coefficient (Wildman–Crippen LogP) is 1.26. The Morgan fingerprint density at radius 2 is 2.41 bits per heavy atom. The van der Waals surface area contributed by atoms with Gasteiger partial charge in [-0.05, 0) is 26.8 Å². The minimum atomic E-state index is 0.0538. The van der Waals surface area contributed by atoms with Crippen LogP contribution in [-0.2, 0) is 0 Å². The second-order valence-electron chi connectivity index (χ2n) is 4.65. The molecule has 5 heteroatoms. The summed E-state index contributed by atoms with van der Waals surface area (Å²) in [5, 5.41) is 7.44. The van der Waals surface area contributed by atoms with Crippen molar-refractivity contribution in [2.45, 2.75) is 26.3 Å². The first-order chi connectivity index (χ1) is 8.15. The van der Waals surface area contributed by atoms with Crippen LogP contribution in [0.4, 0.5) is 0 Å². The predicted molar refractivity (Wildman–Crippen MR) is 64.5 cm³/mol. The molecular formula is C12H19N3O2. The zero-order chi connectivity index (χ0) is 12.4. The molecule has 2 rings (SSSR count). The summed E-state index contributed by atoms with van der Waals surface area (Å²) in [5.41, 5.74) is 0.608. The van der Waals surface area contributed by atoms with Crippen LogP contribution in [0, 0.1) is 5.92 Å². The molecule has 2 heterocycles. The van der Waals surface area contributed by atoms with E-state index in [1.165, 1.54) is 0 Å². The topological polar surface area (TPSA) is 56.2 Å². The molecule has 1 atom stereocenters. The van der Waals surface area contributed by atoms with Gasteiger partial charge in [-0.25, -0.2) is 0 Å². The molecule has 1 aliphatic heterocycles. The minimum absolute atomic E-state index is 0.0538. The summed E-state index contributed by atoms with van der Waals surface area (Å²) in [7, 11) is 1.57. The number of ether oxygens (including phenoxy) is 1. The molecule has 0 spiro atoms. The van der Waals surface area contributed by atoms with Crippen LogP contribution in [-0.4, -0.2) is 35.8 Å². The van der Waals surface area contributed by atoms with E-state index in [0.717, 1.165) is 19.5 Å². The van der Waals surface area contributed by atoms with Gasteiger partial charge in [-0.2, -0.15) is 5.10 Å². The second-order valence-corrected chi connectivity index (χ2v) is 4.65. The Morgan fingerprint density at radius 1 is 1.65 bits per heavy atom. The zero-order valence-electron chi connectivity index (χ0n) is 10.6. The molecule has 0 saturated carbocycles. The lowest BCUT2D eigenvalue weighted by molar-refractivity contribution is 0.0914. The number of aromatic nitrogens is 2. The maximum atomic E-state index is 12.4. The van der Waals surface area contributed by atoms with Crippen LogP contribution in [0.3, 0.4) is 0 Å². The summed E-state index contributed by atoms with van der Waals surface area (Å²) in [6, 6.07) is 0.159. The van der Waals surface area contributed by atoms with Crippen molar-refractivity contribution < 1.29 is 9.53 Å². The van der Waals surface area contributed by atoms with Gasteiger partial charge in [0, 0.05) is 18.5 Å². The average Bonchev–Trinajstić information content (AvgIpc) is 2.96. The van der Waals surface area contributed by atoms with E-state index in [1.54, 1.807) is 18.0 Å². The number of carbonyl (C=O) groups is 1. The molecule has 1 saturated heterocycles. The number of methoxy groups -OCH3 is 1. The maximum absolute atomic E-state index is 12.4. The Hall–Kier alpha value is -1.36. The maximum Gasteiger partial charge on any atom is 0.189 e. The van der Waals surface area contributed by atoms with Crippen LogP contribution >= 0.6 is 0 Å².